The van der Waals surface area contributed by atoms with Crippen LogP contribution in [0.15, 0.2) is 16.6 Å². The van der Waals surface area contributed by atoms with E-state index in [1.54, 1.807) is 6.92 Å². The number of hydrogen-bond donors (Lipinski definition) is 1. The van der Waals surface area contributed by atoms with Gasteiger partial charge in [-0.2, -0.15) is 9.90 Å². The summed E-state index contributed by atoms with van der Waals surface area (Å²) in [4.78, 5) is 12.6. The standard InChI is InChI=1S/C12H13BrN4O/c1-6-5-10(7(2)4-9(6)13)17-15-8(3)11(16-17)12(14)18/h4-5H,1-3H3,(H2,14,18). The molecule has 1 heterocycles. The number of aryl methyl sites for hydroxylation is 3. The molecule has 2 aromatic rings. The van der Waals surface area contributed by atoms with Crippen LogP contribution in [-0.2, 0) is 0 Å². The molecule has 0 radical (unpaired) electrons. The van der Waals surface area contributed by atoms with Crippen LogP contribution in [0.25, 0.3) is 5.69 Å². The summed E-state index contributed by atoms with van der Waals surface area (Å²) in [5, 5.41) is 8.35. The van der Waals surface area contributed by atoms with Crippen LogP contribution in [0.3, 0.4) is 0 Å². The van der Waals surface area contributed by atoms with Crippen molar-refractivity contribution in [2.24, 2.45) is 5.73 Å². The maximum atomic E-state index is 11.2. The predicted molar refractivity (Wildman–Crippen MR) is 71.8 cm³/mol. The molecule has 0 spiro atoms. The number of rotatable bonds is 2. The van der Waals surface area contributed by atoms with E-state index >= 15 is 0 Å². The highest BCUT2D eigenvalue weighted by molar-refractivity contribution is 9.10. The fourth-order valence-corrected chi connectivity index (χ4v) is 2.15. The molecule has 2 N–H and O–H groups in total. The predicted octanol–water partition coefficient (Wildman–Crippen LogP) is 2.05. The lowest BCUT2D eigenvalue weighted by Crippen LogP contribution is -2.13. The summed E-state index contributed by atoms with van der Waals surface area (Å²) in [6.45, 7) is 5.66. The van der Waals surface area contributed by atoms with Gasteiger partial charge in [0.1, 0.15) is 0 Å². The van der Waals surface area contributed by atoms with Gasteiger partial charge in [-0.15, -0.1) is 5.10 Å². The van der Waals surface area contributed by atoms with E-state index in [1.807, 2.05) is 26.0 Å². The minimum Gasteiger partial charge on any atom is -0.364 e. The topological polar surface area (TPSA) is 73.8 Å². The van der Waals surface area contributed by atoms with Gasteiger partial charge in [-0.05, 0) is 44.0 Å². The Morgan fingerprint density at radius 3 is 2.44 bits per heavy atom. The van der Waals surface area contributed by atoms with E-state index in [4.69, 9.17) is 5.73 Å². The molecule has 0 atom stereocenters. The molecule has 0 aliphatic rings. The van der Waals surface area contributed by atoms with Gasteiger partial charge in [0.05, 0.1) is 11.4 Å². The third kappa shape index (κ3) is 2.15. The van der Waals surface area contributed by atoms with Gasteiger partial charge in [0.15, 0.2) is 5.69 Å². The second kappa shape index (κ2) is 4.53. The van der Waals surface area contributed by atoms with E-state index in [0.717, 1.165) is 21.3 Å². The van der Waals surface area contributed by atoms with Crippen LogP contribution in [0.2, 0.25) is 0 Å². The lowest BCUT2D eigenvalue weighted by atomic mass is 10.1. The van der Waals surface area contributed by atoms with Gasteiger partial charge < -0.3 is 5.73 Å². The maximum Gasteiger partial charge on any atom is 0.271 e. The molecular weight excluding hydrogens is 296 g/mol. The molecule has 1 aromatic heterocycles. The minimum absolute atomic E-state index is 0.204. The Morgan fingerprint density at radius 2 is 1.89 bits per heavy atom. The molecule has 0 fully saturated rings. The average molecular weight is 309 g/mol. The maximum absolute atomic E-state index is 11.2. The highest BCUT2D eigenvalue weighted by Crippen LogP contribution is 2.23. The van der Waals surface area contributed by atoms with Gasteiger partial charge in [0.25, 0.3) is 5.91 Å². The molecule has 1 amide bonds. The van der Waals surface area contributed by atoms with E-state index < -0.39 is 5.91 Å². The van der Waals surface area contributed by atoms with Gasteiger partial charge >= 0.3 is 0 Å². The molecule has 0 saturated heterocycles. The molecule has 5 nitrogen and oxygen atoms in total. The first-order valence-corrected chi connectivity index (χ1v) is 6.20. The molecular formula is C12H13BrN4O. The Hall–Kier alpha value is -1.69. The van der Waals surface area contributed by atoms with Gasteiger partial charge in [-0.25, -0.2) is 0 Å². The van der Waals surface area contributed by atoms with Crippen LogP contribution in [0, 0.1) is 20.8 Å². The third-order valence-electron chi connectivity index (χ3n) is 2.71. The number of hydrogen-bond acceptors (Lipinski definition) is 3. The zero-order chi connectivity index (χ0) is 13.4. The Morgan fingerprint density at radius 1 is 1.22 bits per heavy atom. The van der Waals surface area contributed by atoms with Crippen molar-refractivity contribution in [1.29, 1.82) is 0 Å². The number of carbonyl (C=O) groups excluding carboxylic acids is 1. The zero-order valence-corrected chi connectivity index (χ0v) is 11.9. The van der Waals surface area contributed by atoms with Crippen LogP contribution >= 0.6 is 15.9 Å². The zero-order valence-electron chi connectivity index (χ0n) is 10.4. The number of benzene rings is 1. The lowest BCUT2D eigenvalue weighted by Gasteiger charge is -2.07. The van der Waals surface area contributed by atoms with Crippen LogP contribution in [0.4, 0.5) is 0 Å². The molecule has 0 aliphatic carbocycles. The molecule has 0 saturated carbocycles. The highest BCUT2D eigenvalue weighted by atomic mass is 79.9. The quantitative estimate of drug-likeness (QED) is 0.922. The van der Waals surface area contributed by atoms with Crippen LogP contribution in [-0.4, -0.2) is 20.9 Å². The largest absolute Gasteiger partial charge is 0.364 e. The first kappa shape index (κ1) is 12.8. The number of primary amides is 1. The summed E-state index contributed by atoms with van der Waals surface area (Å²) in [5.74, 6) is -0.565. The summed E-state index contributed by atoms with van der Waals surface area (Å²) in [6, 6.07) is 3.96. The molecule has 18 heavy (non-hydrogen) atoms. The summed E-state index contributed by atoms with van der Waals surface area (Å²) < 4.78 is 1.03. The smallest absolute Gasteiger partial charge is 0.271 e. The van der Waals surface area contributed by atoms with Crippen LogP contribution in [0.5, 0.6) is 0 Å². The number of aromatic nitrogens is 3. The van der Waals surface area contributed by atoms with E-state index in [9.17, 15) is 4.79 Å². The Kier molecular flexibility index (Phi) is 3.21. The molecule has 0 aliphatic heterocycles. The van der Waals surface area contributed by atoms with Gasteiger partial charge in [-0.1, -0.05) is 15.9 Å². The van der Waals surface area contributed by atoms with E-state index in [1.165, 1.54) is 4.80 Å². The third-order valence-corrected chi connectivity index (χ3v) is 3.56. The van der Waals surface area contributed by atoms with Gasteiger partial charge in [-0.3, -0.25) is 4.79 Å². The van der Waals surface area contributed by atoms with Crippen molar-refractivity contribution < 1.29 is 4.79 Å². The molecule has 94 valence electrons. The Labute approximate surface area is 113 Å². The second-order valence-electron chi connectivity index (χ2n) is 4.18. The fraction of sp³-hybridized carbons (Fsp3) is 0.250. The highest BCUT2D eigenvalue weighted by Gasteiger charge is 2.14. The van der Waals surface area contributed by atoms with Crippen molar-refractivity contribution in [3.63, 3.8) is 0 Å². The first-order valence-electron chi connectivity index (χ1n) is 5.41. The van der Waals surface area contributed by atoms with Crippen molar-refractivity contribution in [2.75, 3.05) is 0 Å². The monoisotopic (exact) mass is 308 g/mol. The summed E-state index contributed by atoms with van der Waals surface area (Å²) >= 11 is 3.47. The number of nitrogens with two attached hydrogens (primary N) is 1. The summed E-state index contributed by atoms with van der Waals surface area (Å²) in [5.41, 5.74) is 8.90. The second-order valence-corrected chi connectivity index (χ2v) is 5.03. The van der Waals surface area contributed by atoms with Crippen molar-refractivity contribution in [3.8, 4) is 5.69 Å². The number of amides is 1. The SMILES string of the molecule is Cc1cc(-n2nc(C)c(C(N)=O)n2)c(C)cc1Br. The number of carbonyl (C=O) groups is 1. The van der Waals surface area contributed by atoms with Crippen LogP contribution in [0.1, 0.15) is 27.3 Å². The van der Waals surface area contributed by atoms with Gasteiger partial charge in [0.2, 0.25) is 0 Å². The summed E-state index contributed by atoms with van der Waals surface area (Å²) in [7, 11) is 0. The Bertz CT molecular complexity index is 633. The van der Waals surface area contributed by atoms with E-state index in [-0.39, 0.29) is 5.69 Å². The van der Waals surface area contributed by atoms with Crippen molar-refractivity contribution in [1.82, 2.24) is 15.0 Å². The normalized spacial score (nSPS) is 10.7. The van der Waals surface area contributed by atoms with Crippen LogP contribution < -0.4 is 5.73 Å². The van der Waals surface area contributed by atoms with Crippen molar-refractivity contribution >= 4 is 21.8 Å². The fourth-order valence-electron chi connectivity index (χ4n) is 1.70. The van der Waals surface area contributed by atoms with Gasteiger partial charge in [0, 0.05) is 4.47 Å². The molecule has 0 unspecified atom stereocenters. The number of halogens is 1. The summed E-state index contributed by atoms with van der Waals surface area (Å²) in [6.07, 6.45) is 0. The molecule has 2 rings (SSSR count). The molecule has 0 bridgehead atoms. The Balaban J connectivity index is 2.59. The lowest BCUT2D eigenvalue weighted by molar-refractivity contribution is 0.0994. The average Bonchev–Trinajstić information content (AvgIpc) is 2.65. The molecule has 1 aromatic carbocycles. The van der Waals surface area contributed by atoms with E-state index in [0.29, 0.717) is 5.69 Å². The molecule has 6 heteroatoms. The minimum atomic E-state index is -0.565. The van der Waals surface area contributed by atoms with Crippen molar-refractivity contribution in [2.45, 2.75) is 20.8 Å². The van der Waals surface area contributed by atoms with Crippen molar-refractivity contribution in [3.05, 3.63) is 39.1 Å². The first-order chi connectivity index (χ1) is 8.40. The number of nitrogens with zero attached hydrogens (tertiary/aromatic N) is 3. The van der Waals surface area contributed by atoms with E-state index in [2.05, 4.69) is 26.1 Å².